The molecule has 3 rings (SSSR count). The Balaban J connectivity index is 1.88. The Hall–Kier alpha value is -3.74. The van der Waals surface area contributed by atoms with Crippen LogP contribution < -0.4 is 10.1 Å². The zero-order chi connectivity index (χ0) is 25.0. The zero-order valence-electron chi connectivity index (χ0n) is 19.8. The Morgan fingerprint density at radius 1 is 0.914 bits per heavy atom. The van der Waals surface area contributed by atoms with E-state index >= 15 is 0 Å². The molecule has 0 saturated carbocycles. The lowest BCUT2D eigenvalue weighted by molar-refractivity contribution is -0.142. The summed E-state index contributed by atoms with van der Waals surface area (Å²) >= 11 is 0. The van der Waals surface area contributed by atoms with E-state index in [0.717, 1.165) is 18.4 Å². The maximum absolute atomic E-state index is 14.0. The minimum atomic E-state index is -0.837. The molecule has 184 valence electrons. The number of nitrogens with one attached hydrogen (secondary N) is 1. The van der Waals surface area contributed by atoms with Crippen LogP contribution in [-0.2, 0) is 22.6 Å². The van der Waals surface area contributed by atoms with E-state index in [1.807, 2.05) is 37.3 Å². The number of benzene rings is 3. The van der Waals surface area contributed by atoms with Crippen LogP contribution in [0.15, 0.2) is 78.9 Å². The van der Waals surface area contributed by atoms with Crippen LogP contribution in [0.25, 0.3) is 0 Å². The third-order valence-electron chi connectivity index (χ3n) is 5.55. The molecule has 0 aliphatic heterocycles. The molecule has 35 heavy (non-hydrogen) atoms. The summed E-state index contributed by atoms with van der Waals surface area (Å²) in [6.07, 6.45) is 2.01. The van der Waals surface area contributed by atoms with Gasteiger partial charge in [-0.2, -0.15) is 0 Å². The van der Waals surface area contributed by atoms with Gasteiger partial charge in [0, 0.05) is 19.5 Å². The molecule has 3 aromatic carbocycles. The highest BCUT2D eigenvalue weighted by Gasteiger charge is 2.30. The monoisotopic (exact) mass is 480 g/mol. The third-order valence-corrected chi connectivity index (χ3v) is 5.55. The largest absolute Gasteiger partial charge is 0.481 e. The van der Waals surface area contributed by atoms with Gasteiger partial charge in [-0.1, -0.05) is 67.9 Å². The summed E-state index contributed by atoms with van der Waals surface area (Å²) in [5, 5.41) is 2.92. The molecular formula is C28H30F2N2O3. The molecule has 1 atom stereocenters. The maximum Gasteiger partial charge on any atom is 0.261 e. The number of carbonyl (C=O) groups is 2. The van der Waals surface area contributed by atoms with Gasteiger partial charge in [-0.25, -0.2) is 8.78 Å². The molecule has 0 heterocycles. The number of hydrogen-bond donors (Lipinski definition) is 1. The van der Waals surface area contributed by atoms with Crippen molar-refractivity contribution < 1.29 is 23.1 Å². The highest BCUT2D eigenvalue weighted by molar-refractivity contribution is 5.88. The molecule has 0 spiro atoms. The van der Waals surface area contributed by atoms with Crippen molar-refractivity contribution in [2.45, 2.75) is 38.8 Å². The number of para-hydroxylation sites is 1. The second kappa shape index (κ2) is 13.2. The molecular weight excluding hydrogens is 450 g/mol. The summed E-state index contributed by atoms with van der Waals surface area (Å²) in [5.41, 5.74) is 1.54. The molecule has 0 aromatic heterocycles. The van der Waals surface area contributed by atoms with E-state index in [0.29, 0.717) is 12.1 Å². The Morgan fingerprint density at radius 3 is 2.29 bits per heavy atom. The normalized spacial score (nSPS) is 11.5. The molecule has 2 amide bonds. The van der Waals surface area contributed by atoms with Gasteiger partial charge in [-0.15, -0.1) is 0 Å². The molecule has 0 aliphatic carbocycles. The van der Waals surface area contributed by atoms with Gasteiger partial charge < -0.3 is 15.0 Å². The van der Waals surface area contributed by atoms with Crippen LogP contribution in [0.5, 0.6) is 5.75 Å². The van der Waals surface area contributed by atoms with Crippen molar-refractivity contribution in [2.75, 3.05) is 13.2 Å². The van der Waals surface area contributed by atoms with Gasteiger partial charge in [0.2, 0.25) is 5.91 Å². The van der Waals surface area contributed by atoms with Crippen LogP contribution >= 0.6 is 0 Å². The first-order valence-corrected chi connectivity index (χ1v) is 11.7. The topological polar surface area (TPSA) is 58.6 Å². The summed E-state index contributed by atoms with van der Waals surface area (Å²) in [5.74, 6) is -1.79. The Labute approximate surface area is 204 Å². The van der Waals surface area contributed by atoms with Crippen molar-refractivity contribution in [1.82, 2.24) is 10.2 Å². The first-order chi connectivity index (χ1) is 17.0. The molecule has 0 unspecified atom stereocenters. The Kier molecular flexibility index (Phi) is 9.78. The number of carbonyl (C=O) groups excluding carboxylic acids is 2. The Morgan fingerprint density at radius 2 is 1.60 bits per heavy atom. The van der Waals surface area contributed by atoms with E-state index in [1.165, 1.54) is 35.2 Å². The standard InChI is InChI=1S/C28H30F2N2O3/c1-2-3-17-31-28(34)25(18-21-9-5-4-6-10-21)32(19-22-13-15-23(29)16-14-22)27(33)20-35-26-12-8-7-11-24(26)30/h4-16,25H,2-3,17-20H2,1H3,(H,31,34)/t25-/m0/s1. The zero-order valence-corrected chi connectivity index (χ0v) is 19.8. The van der Waals surface area contributed by atoms with Crippen LogP contribution in [-0.4, -0.2) is 35.9 Å². The van der Waals surface area contributed by atoms with E-state index in [-0.39, 0.29) is 24.6 Å². The van der Waals surface area contributed by atoms with Gasteiger partial charge in [0.15, 0.2) is 18.2 Å². The fourth-order valence-electron chi connectivity index (χ4n) is 3.63. The molecule has 0 saturated heterocycles. The summed E-state index contributed by atoms with van der Waals surface area (Å²) in [6, 6.07) is 20.1. The summed E-state index contributed by atoms with van der Waals surface area (Å²) in [7, 11) is 0. The molecule has 0 bridgehead atoms. The average Bonchev–Trinajstić information content (AvgIpc) is 2.87. The maximum atomic E-state index is 14.0. The molecule has 7 heteroatoms. The number of hydrogen-bond acceptors (Lipinski definition) is 3. The number of rotatable bonds is 12. The summed E-state index contributed by atoms with van der Waals surface area (Å²) in [4.78, 5) is 28.1. The predicted octanol–water partition coefficient (Wildman–Crippen LogP) is 4.90. The quantitative estimate of drug-likeness (QED) is 0.375. The number of halogens is 2. The van der Waals surface area contributed by atoms with Crippen LogP contribution in [0.1, 0.15) is 30.9 Å². The first-order valence-electron chi connectivity index (χ1n) is 11.7. The van der Waals surface area contributed by atoms with E-state index in [9.17, 15) is 18.4 Å². The minimum absolute atomic E-state index is 0.0467. The lowest BCUT2D eigenvalue weighted by Crippen LogP contribution is -2.51. The van der Waals surface area contributed by atoms with Crippen LogP contribution in [0, 0.1) is 11.6 Å². The Bertz CT molecular complexity index is 1090. The highest BCUT2D eigenvalue weighted by Crippen LogP contribution is 2.18. The van der Waals surface area contributed by atoms with Gasteiger partial charge in [-0.05, 0) is 41.8 Å². The molecule has 1 N–H and O–H groups in total. The van der Waals surface area contributed by atoms with E-state index < -0.39 is 30.2 Å². The second-order valence-corrected chi connectivity index (χ2v) is 8.22. The fraction of sp³-hybridized carbons (Fsp3) is 0.286. The van der Waals surface area contributed by atoms with Gasteiger partial charge in [0.1, 0.15) is 11.9 Å². The van der Waals surface area contributed by atoms with Gasteiger partial charge >= 0.3 is 0 Å². The number of ether oxygens (including phenoxy) is 1. The molecule has 5 nitrogen and oxygen atoms in total. The van der Waals surface area contributed by atoms with Crippen molar-refractivity contribution in [3.63, 3.8) is 0 Å². The smallest absolute Gasteiger partial charge is 0.261 e. The molecule has 0 fully saturated rings. The lowest BCUT2D eigenvalue weighted by Gasteiger charge is -2.31. The number of nitrogens with zero attached hydrogens (tertiary/aromatic N) is 1. The van der Waals surface area contributed by atoms with Gasteiger partial charge in [0.05, 0.1) is 0 Å². The third kappa shape index (κ3) is 7.91. The predicted molar refractivity (Wildman–Crippen MR) is 131 cm³/mol. The molecule has 0 radical (unpaired) electrons. The van der Waals surface area contributed by atoms with Crippen molar-refractivity contribution in [2.24, 2.45) is 0 Å². The average molecular weight is 481 g/mol. The number of unbranched alkanes of at least 4 members (excludes halogenated alkanes) is 1. The van der Waals surface area contributed by atoms with E-state index in [4.69, 9.17) is 4.74 Å². The first kappa shape index (κ1) is 25.9. The minimum Gasteiger partial charge on any atom is -0.481 e. The molecule has 0 aliphatic rings. The van der Waals surface area contributed by atoms with Gasteiger partial charge in [-0.3, -0.25) is 9.59 Å². The van der Waals surface area contributed by atoms with Crippen molar-refractivity contribution in [3.8, 4) is 5.75 Å². The summed E-state index contributed by atoms with van der Waals surface area (Å²) in [6.45, 7) is 2.14. The lowest BCUT2D eigenvalue weighted by atomic mass is 10.0. The van der Waals surface area contributed by atoms with Crippen LogP contribution in [0.2, 0.25) is 0 Å². The highest BCUT2D eigenvalue weighted by atomic mass is 19.1. The number of amides is 2. The van der Waals surface area contributed by atoms with Crippen molar-refractivity contribution >= 4 is 11.8 Å². The van der Waals surface area contributed by atoms with Crippen molar-refractivity contribution in [3.05, 3.63) is 102 Å². The van der Waals surface area contributed by atoms with Crippen LogP contribution in [0.3, 0.4) is 0 Å². The molecule has 3 aromatic rings. The second-order valence-electron chi connectivity index (χ2n) is 8.22. The SMILES string of the molecule is CCCCNC(=O)[C@H](Cc1ccccc1)N(Cc1ccc(F)cc1)C(=O)COc1ccccc1F. The van der Waals surface area contributed by atoms with E-state index in [2.05, 4.69) is 5.32 Å². The fourth-order valence-corrected chi connectivity index (χ4v) is 3.63. The van der Waals surface area contributed by atoms with E-state index in [1.54, 1.807) is 18.2 Å². The van der Waals surface area contributed by atoms with Crippen molar-refractivity contribution in [1.29, 1.82) is 0 Å². The van der Waals surface area contributed by atoms with Gasteiger partial charge in [0.25, 0.3) is 5.91 Å². The van der Waals surface area contributed by atoms with Crippen LogP contribution in [0.4, 0.5) is 8.78 Å². The summed E-state index contributed by atoms with van der Waals surface area (Å²) < 4.78 is 33.0.